The van der Waals surface area contributed by atoms with Gasteiger partial charge in [0.15, 0.2) is 5.76 Å². The topological polar surface area (TPSA) is 74.7 Å². The molecule has 2 aromatic carbocycles. The Hall–Kier alpha value is -3.93. The van der Waals surface area contributed by atoms with Gasteiger partial charge >= 0.3 is 5.97 Å². The number of rotatable bonds is 4. The Morgan fingerprint density at radius 2 is 1.71 bits per heavy atom. The monoisotopic (exact) mass is 373 g/mol. The largest absolute Gasteiger partial charge is 0.497 e. The van der Waals surface area contributed by atoms with Crippen LogP contribution in [0.25, 0.3) is 6.08 Å². The average molecular weight is 373 g/mol. The Balaban J connectivity index is 1.53. The molecule has 1 aromatic heterocycles. The zero-order valence-corrected chi connectivity index (χ0v) is 14.9. The fourth-order valence-electron chi connectivity index (χ4n) is 2.73. The molecular weight excluding hydrogens is 358 g/mol. The highest BCUT2D eigenvalue weighted by Crippen LogP contribution is 2.35. The van der Waals surface area contributed by atoms with Crippen molar-refractivity contribution in [3.8, 4) is 17.2 Å². The third-order valence-electron chi connectivity index (χ3n) is 4.18. The molecule has 6 nitrogen and oxygen atoms in total. The summed E-state index contributed by atoms with van der Waals surface area (Å²) in [6, 6.07) is 14.8. The second kappa shape index (κ2) is 7.36. The second-order valence-corrected chi connectivity index (χ2v) is 6.00. The number of ether oxygens (including phenoxy) is 3. The van der Waals surface area contributed by atoms with Gasteiger partial charge in [0.05, 0.1) is 18.2 Å². The molecule has 0 saturated heterocycles. The smallest absolute Gasteiger partial charge is 0.343 e. The van der Waals surface area contributed by atoms with E-state index in [0.717, 1.165) is 5.56 Å². The number of fused-ring (bicyclic) bond motifs is 1. The number of Topliss-reactive ketones (excluding diaryl/α,β-unsaturated/α-hetero) is 1. The highest BCUT2D eigenvalue weighted by Gasteiger charge is 2.28. The van der Waals surface area contributed by atoms with Crippen LogP contribution in [-0.2, 0) is 0 Å². The maximum absolute atomic E-state index is 12.5. The molecule has 138 valence electrons. The van der Waals surface area contributed by atoms with Crippen LogP contribution in [0, 0.1) is 0 Å². The first-order valence-electron chi connectivity index (χ1n) is 8.48. The first kappa shape index (κ1) is 17.5. The molecule has 6 heteroatoms. The molecule has 0 aliphatic carbocycles. The fourth-order valence-corrected chi connectivity index (χ4v) is 2.73. The van der Waals surface area contributed by atoms with Gasteiger partial charge in [0, 0.05) is 18.5 Å². The summed E-state index contributed by atoms with van der Waals surface area (Å²) in [6.45, 7) is 0. The van der Waals surface area contributed by atoms with Crippen molar-refractivity contribution in [2.24, 2.45) is 0 Å². The van der Waals surface area contributed by atoms with Crippen molar-refractivity contribution < 1.29 is 23.8 Å². The van der Waals surface area contributed by atoms with Crippen molar-refractivity contribution in [1.82, 2.24) is 4.98 Å². The first-order valence-corrected chi connectivity index (χ1v) is 8.48. The minimum Gasteiger partial charge on any atom is -0.497 e. The van der Waals surface area contributed by atoms with Gasteiger partial charge in [0.25, 0.3) is 0 Å². The van der Waals surface area contributed by atoms with Gasteiger partial charge in [-0.25, -0.2) is 4.79 Å². The van der Waals surface area contributed by atoms with Gasteiger partial charge in [0.2, 0.25) is 5.78 Å². The number of benzene rings is 2. The molecule has 0 spiro atoms. The third kappa shape index (κ3) is 3.48. The highest BCUT2D eigenvalue weighted by atomic mass is 16.5. The number of hydrogen-bond acceptors (Lipinski definition) is 6. The van der Waals surface area contributed by atoms with Crippen molar-refractivity contribution in [3.63, 3.8) is 0 Å². The minimum atomic E-state index is -0.514. The van der Waals surface area contributed by atoms with Crippen LogP contribution in [0.5, 0.6) is 17.2 Å². The van der Waals surface area contributed by atoms with E-state index in [4.69, 9.17) is 14.2 Å². The maximum atomic E-state index is 12.5. The maximum Gasteiger partial charge on any atom is 0.343 e. The molecule has 0 radical (unpaired) electrons. The number of methoxy groups -OCH3 is 1. The predicted molar refractivity (Wildman–Crippen MR) is 102 cm³/mol. The van der Waals surface area contributed by atoms with E-state index < -0.39 is 5.97 Å². The van der Waals surface area contributed by atoms with Crippen LogP contribution in [0.2, 0.25) is 0 Å². The summed E-state index contributed by atoms with van der Waals surface area (Å²) in [5.74, 6) is 0.761. The van der Waals surface area contributed by atoms with Crippen LogP contribution in [0.4, 0.5) is 0 Å². The van der Waals surface area contributed by atoms with E-state index in [2.05, 4.69) is 4.98 Å². The summed E-state index contributed by atoms with van der Waals surface area (Å²) in [6.07, 6.45) is 4.92. The van der Waals surface area contributed by atoms with Crippen molar-refractivity contribution in [3.05, 3.63) is 89.4 Å². The number of aromatic nitrogens is 1. The number of allylic oxidation sites excluding steroid dienone is 1. The SMILES string of the molecule is COc1ccc(C(=O)Oc2ccc3c(c2)OC(=Cc2ccncc2)C3=O)cc1. The number of ketones is 1. The lowest BCUT2D eigenvalue weighted by Gasteiger charge is -2.06. The summed E-state index contributed by atoms with van der Waals surface area (Å²) in [4.78, 5) is 28.7. The van der Waals surface area contributed by atoms with Crippen molar-refractivity contribution in [2.75, 3.05) is 7.11 Å². The Bertz CT molecular complexity index is 1070. The van der Waals surface area contributed by atoms with Gasteiger partial charge in [-0.15, -0.1) is 0 Å². The Morgan fingerprint density at radius 1 is 1.00 bits per heavy atom. The lowest BCUT2D eigenvalue weighted by molar-refractivity contribution is 0.0734. The van der Waals surface area contributed by atoms with E-state index >= 15 is 0 Å². The van der Waals surface area contributed by atoms with Crippen LogP contribution >= 0.6 is 0 Å². The fraction of sp³-hybridized carbons (Fsp3) is 0.0455. The molecule has 1 aliphatic heterocycles. The molecule has 0 bridgehead atoms. The highest BCUT2D eigenvalue weighted by molar-refractivity contribution is 6.14. The molecule has 0 N–H and O–H groups in total. The average Bonchev–Trinajstić information content (AvgIpc) is 3.03. The van der Waals surface area contributed by atoms with Gasteiger partial charge in [-0.3, -0.25) is 9.78 Å². The third-order valence-corrected chi connectivity index (χ3v) is 4.18. The predicted octanol–water partition coefficient (Wildman–Crippen LogP) is 3.93. The summed E-state index contributed by atoms with van der Waals surface area (Å²) in [5, 5.41) is 0. The van der Waals surface area contributed by atoms with Gasteiger partial charge in [-0.1, -0.05) is 0 Å². The summed E-state index contributed by atoms with van der Waals surface area (Å²) in [5.41, 5.74) is 1.61. The van der Waals surface area contributed by atoms with E-state index in [-0.39, 0.29) is 17.3 Å². The van der Waals surface area contributed by atoms with Gasteiger partial charge in [-0.2, -0.15) is 0 Å². The van der Waals surface area contributed by atoms with E-state index in [9.17, 15) is 9.59 Å². The minimum absolute atomic E-state index is 0.208. The van der Waals surface area contributed by atoms with Crippen molar-refractivity contribution in [2.45, 2.75) is 0 Å². The molecule has 2 heterocycles. The van der Waals surface area contributed by atoms with Crippen LogP contribution in [-0.4, -0.2) is 23.8 Å². The zero-order valence-electron chi connectivity index (χ0n) is 14.9. The first-order chi connectivity index (χ1) is 13.6. The van der Waals surface area contributed by atoms with Crippen LogP contribution in [0.15, 0.2) is 72.8 Å². The van der Waals surface area contributed by atoms with E-state index in [0.29, 0.717) is 22.6 Å². The van der Waals surface area contributed by atoms with Gasteiger partial charge in [0.1, 0.15) is 17.2 Å². The van der Waals surface area contributed by atoms with E-state index in [1.54, 1.807) is 74.1 Å². The Morgan fingerprint density at radius 3 is 2.43 bits per heavy atom. The second-order valence-electron chi connectivity index (χ2n) is 6.00. The van der Waals surface area contributed by atoms with Gasteiger partial charge < -0.3 is 14.2 Å². The van der Waals surface area contributed by atoms with Crippen molar-refractivity contribution >= 4 is 17.8 Å². The quantitative estimate of drug-likeness (QED) is 0.392. The van der Waals surface area contributed by atoms with Crippen LogP contribution in [0.1, 0.15) is 26.3 Å². The molecule has 0 unspecified atom stereocenters. The molecule has 0 amide bonds. The van der Waals surface area contributed by atoms with Gasteiger partial charge in [-0.05, 0) is 60.2 Å². The number of esters is 1. The summed E-state index contributed by atoms with van der Waals surface area (Å²) in [7, 11) is 1.55. The molecule has 1 aliphatic rings. The number of carbonyl (C=O) groups is 2. The normalized spacial score (nSPS) is 13.8. The molecule has 0 atom stereocenters. The van der Waals surface area contributed by atoms with Crippen LogP contribution < -0.4 is 14.2 Å². The molecular formula is C22H15NO5. The summed E-state index contributed by atoms with van der Waals surface area (Å²) < 4.78 is 16.1. The van der Waals surface area contributed by atoms with Crippen molar-refractivity contribution in [1.29, 1.82) is 0 Å². The molecule has 4 rings (SSSR count). The molecule has 28 heavy (non-hydrogen) atoms. The Labute approximate surface area is 161 Å². The summed E-state index contributed by atoms with van der Waals surface area (Å²) >= 11 is 0. The zero-order chi connectivity index (χ0) is 19.5. The Kier molecular flexibility index (Phi) is 4.60. The molecule has 3 aromatic rings. The van der Waals surface area contributed by atoms with E-state index in [1.807, 2.05) is 0 Å². The molecule has 0 fully saturated rings. The number of hydrogen-bond donors (Lipinski definition) is 0. The van der Waals surface area contributed by atoms with Crippen LogP contribution in [0.3, 0.4) is 0 Å². The number of nitrogens with zero attached hydrogens (tertiary/aromatic N) is 1. The number of carbonyl (C=O) groups excluding carboxylic acids is 2. The lowest BCUT2D eigenvalue weighted by Crippen LogP contribution is -2.08. The van der Waals surface area contributed by atoms with E-state index in [1.165, 1.54) is 6.07 Å². The molecule has 0 saturated carbocycles. The number of pyridine rings is 1. The lowest BCUT2D eigenvalue weighted by atomic mass is 10.1. The standard InChI is InChI=1S/C22H15NO5/c1-26-16-4-2-15(3-5-16)22(25)27-17-6-7-18-19(13-17)28-20(21(18)24)12-14-8-10-23-11-9-14/h2-13H,1H3.